The average molecular weight is 456 g/mol. The number of nitrogens with zero attached hydrogens (tertiary/aromatic N) is 6. The number of aromatic nitrogens is 6. The van der Waals surface area contributed by atoms with Crippen molar-refractivity contribution in [3.63, 3.8) is 0 Å². The zero-order valence-corrected chi connectivity index (χ0v) is 18.7. The van der Waals surface area contributed by atoms with Crippen LogP contribution in [0.5, 0.6) is 0 Å². The van der Waals surface area contributed by atoms with Gasteiger partial charge in [0.1, 0.15) is 33.1 Å². The van der Waals surface area contributed by atoms with Gasteiger partial charge in [0.15, 0.2) is 0 Å². The molecule has 7 rings (SSSR count). The Hall–Kier alpha value is -4.85. The summed E-state index contributed by atoms with van der Waals surface area (Å²) in [5.41, 5.74) is 9.74. The van der Waals surface area contributed by atoms with Gasteiger partial charge >= 0.3 is 5.97 Å². The van der Waals surface area contributed by atoms with Crippen molar-refractivity contribution in [2.75, 3.05) is 0 Å². The number of carbonyl (C=O) groups is 1. The van der Waals surface area contributed by atoms with Gasteiger partial charge in [-0.3, -0.25) is 0 Å². The van der Waals surface area contributed by atoms with Crippen molar-refractivity contribution >= 4 is 72.2 Å². The minimum Gasteiger partial charge on any atom is -0.478 e. The zero-order chi connectivity index (χ0) is 23.8. The number of carboxylic acids is 1. The molecule has 0 saturated heterocycles. The molecule has 8 heteroatoms. The molecule has 0 radical (unpaired) electrons. The number of fused-ring (bicyclic) bond motifs is 9. The third-order valence-electron chi connectivity index (χ3n) is 6.22. The van der Waals surface area contributed by atoms with Gasteiger partial charge in [0.05, 0.1) is 38.7 Å². The monoisotopic (exact) mass is 456 g/mol. The predicted octanol–water partition coefficient (Wildman–Crippen LogP) is 5.29. The Bertz CT molecular complexity index is 2020. The lowest BCUT2D eigenvalue weighted by Gasteiger charge is -2.11. The van der Waals surface area contributed by atoms with Crippen LogP contribution in [-0.4, -0.2) is 41.0 Å². The van der Waals surface area contributed by atoms with Crippen LogP contribution in [0.3, 0.4) is 0 Å². The van der Waals surface area contributed by atoms with Crippen LogP contribution in [0.25, 0.3) is 66.2 Å². The number of hydrogen-bond acceptors (Lipinski definition) is 7. The number of aromatic carboxylic acids is 1. The van der Waals surface area contributed by atoms with E-state index < -0.39 is 5.97 Å². The maximum Gasteiger partial charge on any atom is 0.335 e. The molecule has 8 nitrogen and oxygen atoms in total. The minimum atomic E-state index is -1.02. The van der Waals surface area contributed by atoms with Crippen LogP contribution in [0, 0.1) is 13.8 Å². The molecule has 0 aliphatic heterocycles. The molecule has 0 unspecified atom stereocenters. The van der Waals surface area contributed by atoms with Crippen molar-refractivity contribution in [1.29, 1.82) is 0 Å². The van der Waals surface area contributed by atoms with Gasteiger partial charge in [0.2, 0.25) is 0 Å². The lowest BCUT2D eigenvalue weighted by atomic mass is 10.1. The summed E-state index contributed by atoms with van der Waals surface area (Å²) in [6, 6.07) is 16.5. The molecule has 0 aliphatic rings. The molecule has 0 amide bonds. The molecule has 7 aromatic rings. The number of rotatable bonds is 1. The molecule has 0 spiro atoms. The van der Waals surface area contributed by atoms with E-state index in [4.69, 9.17) is 29.9 Å². The van der Waals surface area contributed by atoms with Crippen molar-refractivity contribution < 1.29 is 9.90 Å². The topological polar surface area (TPSA) is 115 Å². The third-order valence-corrected chi connectivity index (χ3v) is 6.22. The Morgan fingerprint density at radius 2 is 0.857 bits per heavy atom. The van der Waals surface area contributed by atoms with E-state index in [9.17, 15) is 9.90 Å². The molecule has 3 heterocycles. The summed E-state index contributed by atoms with van der Waals surface area (Å²) in [5.74, 6) is -1.02. The second kappa shape index (κ2) is 6.83. The SMILES string of the molecule is Cc1ccc2nc3c4nc5cc(C)ccc5nc4c4nc5cc(C(=O)O)ccc5nc4c3nc2c1. The van der Waals surface area contributed by atoms with Crippen molar-refractivity contribution in [3.05, 3.63) is 71.3 Å². The lowest BCUT2D eigenvalue weighted by molar-refractivity contribution is 0.0697. The first-order valence-corrected chi connectivity index (χ1v) is 11.1. The van der Waals surface area contributed by atoms with E-state index in [1.807, 2.05) is 50.2 Å². The van der Waals surface area contributed by atoms with Crippen LogP contribution in [0.15, 0.2) is 54.6 Å². The molecule has 0 aliphatic carbocycles. The number of hydrogen-bond donors (Lipinski definition) is 1. The van der Waals surface area contributed by atoms with E-state index in [-0.39, 0.29) is 5.56 Å². The smallest absolute Gasteiger partial charge is 0.335 e. The molecule has 0 saturated carbocycles. The molecular weight excluding hydrogens is 440 g/mol. The van der Waals surface area contributed by atoms with Crippen molar-refractivity contribution in [2.24, 2.45) is 0 Å². The Labute approximate surface area is 197 Å². The molecule has 0 fully saturated rings. The summed E-state index contributed by atoms with van der Waals surface area (Å²) in [5, 5.41) is 9.45. The summed E-state index contributed by atoms with van der Waals surface area (Å²) in [6.07, 6.45) is 0. The summed E-state index contributed by atoms with van der Waals surface area (Å²) in [4.78, 5) is 40.9. The van der Waals surface area contributed by atoms with Crippen LogP contribution < -0.4 is 0 Å². The number of carboxylic acid groups (broad SMARTS) is 1. The second-order valence-corrected chi connectivity index (χ2v) is 8.76. The first-order chi connectivity index (χ1) is 16.9. The highest BCUT2D eigenvalue weighted by atomic mass is 16.4. The normalized spacial score (nSPS) is 11.9. The lowest BCUT2D eigenvalue weighted by Crippen LogP contribution is -2.00. The van der Waals surface area contributed by atoms with E-state index >= 15 is 0 Å². The Kier molecular flexibility index (Phi) is 3.83. The van der Waals surface area contributed by atoms with Gasteiger partial charge in [-0.05, 0) is 67.4 Å². The maximum absolute atomic E-state index is 11.5. The highest BCUT2D eigenvalue weighted by molar-refractivity contribution is 6.21. The van der Waals surface area contributed by atoms with Crippen LogP contribution in [0.2, 0.25) is 0 Å². The standard InChI is InChI=1S/C27H16N6O2/c1-12-3-6-15-18(9-12)32-25-21(28-15)24-22(29-16-7-4-13(2)10-19(16)31-24)26-23(25)30-17-8-5-14(27(34)35)11-20(17)33-26/h3-11H,1-2H3,(H,34,35). The number of benzene rings is 4. The van der Waals surface area contributed by atoms with Gasteiger partial charge in [0, 0.05) is 0 Å². The molecule has 3 aromatic heterocycles. The highest BCUT2D eigenvalue weighted by Gasteiger charge is 2.19. The molecule has 166 valence electrons. The Balaban J connectivity index is 1.74. The highest BCUT2D eigenvalue weighted by Crippen LogP contribution is 2.33. The molecule has 35 heavy (non-hydrogen) atoms. The molecule has 0 bridgehead atoms. The molecular formula is C27H16N6O2. The summed E-state index contributed by atoms with van der Waals surface area (Å²) < 4.78 is 0. The zero-order valence-electron chi connectivity index (χ0n) is 18.7. The molecule has 1 N–H and O–H groups in total. The van der Waals surface area contributed by atoms with Crippen LogP contribution in [0.4, 0.5) is 0 Å². The van der Waals surface area contributed by atoms with Gasteiger partial charge in [-0.15, -0.1) is 0 Å². The van der Waals surface area contributed by atoms with Gasteiger partial charge in [-0.1, -0.05) is 12.1 Å². The fourth-order valence-corrected chi connectivity index (χ4v) is 4.51. The fourth-order valence-electron chi connectivity index (χ4n) is 4.51. The van der Waals surface area contributed by atoms with Gasteiger partial charge < -0.3 is 5.11 Å². The van der Waals surface area contributed by atoms with Gasteiger partial charge in [0.25, 0.3) is 0 Å². The quantitative estimate of drug-likeness (QED) is 0.262. The Morgan fingerprint density at radius 3 is 1.26 bits per heavy atom. The first kappa shape index (κ1) is 19.6. The van der Waals surface area contributed by atoms with Gasteiger partial charge in [-0.25, -0.2) is 34.7 Å². The van der Waals surface area contributed by atoms with Crippen molar-refractivity contribution in [1.82, 2.24) is 29.9 Å². The first-order valence-electron chi connectivity index (χ1n) is 11.1. The van der Waals surface area contributed by atoms with Crippen LogP contribution in [-0.2, 0) is 0 Å². The van der Waals surface area contributed by atoms with Crippen molar-refractivity contribution in [3.8, 4) is 0 Å². The Morgan fingerprint density at radius 1 is 0.514 bits per heavy atom. The minimum absolute atomic E-state index is 0.143. The summed E-state index contributed by atoms with van der Waals surface area (Å²) >= 11 is 0. The van der Waals surface area contributed by atoms with E-state index in [1.54, 1.807) is 6.07 Å². The third kappa shape index (κ3) is 2.90. The maximum atomic E-state index is 11.5. The number of aryl methyl sites for hydroxylation is 2. The average Bonchev–Trinajstić information content (AvgIpc) is 2.85. The summed E-state index contributed by atoms with van der Waals surface area (Å²) in [6.45, 7) is 4.02. The summed E-state index contributed by atoms with van der Waals surface area (Å²) in [7, 11) is 0. The van der Waals surface area contributed by atoms with E-state index in [1.165, 1.54) is 12.1 Å². The van der Waals surface area contributed by atoms with E-state index in [0.717, 1.165) is 33.2 Å². The van der Waals surface area contributed by atoms with Crippen LogP contribution >= 0.6 is 0 Å². The molecule has 4 aromatic carbocycles. The largest absolute Gasteiger partial charge is 0.478 e. The fraction of sp³-hybridized carbons (Fsp3) is 0.0741. The molecule has 0 atom stereocenters. The predicted molar refractivity (Wildman–Crippen MR) is 135 cm³/mol. The van der Waals surface area contributed by atoms with Crippen molar-refractivity contribution in [2.45, 2.75) is 13.8 Å². The van der Waals surface area contributed by atoms with Gasteiger partial charge in [-0.2, -0.15) is 0 Å². The second-order valence-electron chi connectivity index (χ2n) is 8.76. The van der Waals surface area contributed by atoms with E-state index in [2.05, 4.69) is 0 Å². The van der Waals surface area contributed by atoms with E-state index in [0.29, 0.717) is 44.1 Å². The van der Waals surface area contributed by atoms with Crippen LogP contribution in [0.1, 0.15) is 21.5 Å².